The van der Waals surface area contributed by atoms with Gasteiger partial charge in [0.05, 0.1) is 0 Å². The molecule has 96 valence electrons. The molecule has 1 aromatic heterocycles. The van der Waals surface area contributed by atoms with Crippen molar-refractivity contribution < 1.29 is 4.79 Å². The SMILES string of the molecule is O=C1C[C@H](Cc2cccnc2)CN1c1ccccc1. The Morgan fingerprint density at radius 3 is 2.74 bits per heavy atom. The molecule has 1 amide bonds. The molecule has 0 aliphatic carbocycles. The van der Waals surface area contributed by atoms with Gasteiger partial charge in [-0.2, -0.15) is 0 Å². The van der Waals surface area contributed by atoms with Crippen molar-refractivity contribution in [2.75, 3.05) is 11.4 Å². The molecule has 1 aliphatic heterocycles. The Morgan fingerprint density at radius 1 is 1.16 bits per heavy atom. The number of benzene rings is 1. The summed E-state index contributed by atoms with van der Waals surface area (Å²) in [6, 6.07) is 13.9. The number of anilines is 1. The minimum Gasteiger partial charge on any atom is -0.312 e. The van der Waals surface area contributed by atoms with Crippen LogP contribution in [0.15, 0.2) is 54.9 Å². The highest BCUT2D eigenvalue weighted by molar-refractivity contribution is 5.95. The molecule has 0 N–H and O–H groups in total. The van der Waals surface area contributed by atoms with Crippen LogP contribution in [0.5, 0.6) is 0 Å². The van der Waals surface area contributed by atoms with Crippen LogP contribution in [0.3, 0.4) is 0 Å². The van der Waals surface area contributed by atoms with Gasteiger partial charge in [-0.15, -0.1) is 0 Å². The largest absolute Gasteiger partial charge is 0.312 e. The average Bonchev–Trinajstić information content (AvgIpc) is 2.82. The van der Waals surface area contributed by atoms with Gasteiger partial charge in [-0.3, -0.25) is 9.78 Å². The lowest BCUT2D eigenvalue weighted by atomic mass is 10.00. The summed E-state index contributed by atoms with van der Waals surface area (Å²) in [6.07, 6.45) is 5.21. The van der Waals surface area contributed by atoms with Crippen LogP contribution in [0.25, 0.3) is 0 Å². The monoisotopic (exact) mass is 252 g/mol. The van der Waals surface area contributed by atoms with Crippen LogP contribution in [-0.2, 0) is 11.2 Å². The summed E-state index contributed by atoms with van der Waals surface area (Å²) in [4.78, 5) is 18.1. The smallest absolute Gasteiger partial charge is 0.227 e. The van der Waals surface area contributed by atoms with Gasteiger partial charge in [0, 0.05) is 31.0 Å². The molecule has 0 unspecified atom stereocenters. The van der Waals surface area contributed by atoms with Crippen molar-refractivity contribution >= 4 is 11.6 Å². The predicted octanol–water partition coefficient (Wildman–Crippen LogP) is 2.68. The zero-order valence-corrected chi connectivity index (χ0v) is 10.7. The quantitative estimate of drug-likeness (QED) is 0.841. The Kier molecular flexibility index (Phi) is 3.27. The zero-order chi connectivity index (χ0) is 13.1. The van der Waals surface area contributed by atoms with Crippen LogP contribution in [0.1, 0.15) is 12.0 Å². The number of hydrogen-bond acceptors (Lipinski definition) is 2. The summed E-state index contributed by atoms with van der Waals surface area (Å²) in [5.74, 6) is 0.608. The van der Waals surface area contributed by atoms with Crippen LogP contribution in [0.2, 0.25) is 0 Å². The second kappa shape index (κ2) is 5.22. The number of carbonyl (C=O) groups excluding carboxylic acids is 1. The second-order valence-electron chi connectivity index (χ2n) is 4.98. The number of nitrogens with zero attached hydrogens (tertiary/aromatic N) is 2. The molecule has 1 atom stereocenters. The van der Waals surface area contributed by atoms with Gasteiger partial charge < -0.3 is 4.90 Å². The lowest BCUT2D eigenvalue weighted by molar-refractivity contribution is -0.117. The van der Waals surface area contributed by atoms with Gasteiger partial charge >= 0.3 is 0 Å². The van der Waals surface area contributed by atoms with E-state index >= 15 is 0 Å². The minimum absolute atomic E-state index is 0.222. The molecule has 0 bridgehead atoms. The normalized spacial score (nSPS) is 18.8. The van der Waals surface area contributed by atoms with Crippen molar-refractivity contribution in [3.05, 3.63) is 60.4 Å². The molecule has 2 aromatic rings. The molecule has 0 radical (unpaired) electrons. The van der Waals surface area contributed by atoms with Crippen LogP contribution >= 0.6 is 0 Å². The van der Waals surface area contributed by atoms with Crippen LogP contribution in [-0.4, -0.2) is 17.4 Å². The van der Waals surface area contributed by atoms with Crippen LogP contribution in [0.4, 0.5) is 5.69 Å². The van der Waals surface area contributed by atoms with Gasteiger partial charge in [-0.1, -0.05) is 24.3 Å². The highest BCUT2D eigenvalue weighted by Crippen LogP contribution is 2.26. The van der Waals surface area contributed by atoms with E-state index in [1.54, 1.807) is 6.20 Å². The molecule has 3 rings (SSSR count). The van der Waals surface area contributed by atoms with Gasteiger partial charge in [0.25, 0.3) is 0 Å². The van der Waals surface area contributed by atoms with E-state index in [0.717, 1.165) is 18.7 Å². The topological polar surface area (TPSA) is 33.2 Å². The van der Waals surface area contributed by atoms with E-state index in [1.165, 1.54) is 5.56 Å². The number of hydrogen-bond donors (Lipinski definition) is 0. The van der Waals surface area contributed by atoms with Gasteiger partial charge in [-0.25, -0.2) is 0 Å². The third-order valence-corrected chi connectivity index (χ3v) is 3.52. The van der Waals surface area contributed by atoms with E-state index in [9.17, 15) is 4.79 Å². The molecule has 1 fully saturated rings. The first-order valence-corrected chi connectivity index (χ1v) is 6.57. The van der Waals surface area contributed by atoms with E-state index < -0.39 is 0 Å². The minimum atomic E-state index is 0.222. The predicted molar refractivity (Wildman–Crippen MR) is 74.8 cm³/mol. The van der Waals surface area contributed by atoms with E-state index in [2.05, 4.69) is 11.1 Å². The molecule has 1 aliphatic rings. The fourth-order valence-electron chi connectivity index (χ4n) is 2.63. The highest BCUT2D eigenvalue weighted by Gasteiger charge is 2.30. The van der Waals surface area contributed by atoms with E-state index in [0.29, 0.717) is 12.3 Å². The van der Waals surface area contributed by atoms with Crippen molar-refractivity contribution in [1.29, 1.82) is 0 Å². The third kappa shape index (κ3) is 2.65. The molecule has 0 saturated carbocycles. The van der Waals surface area contributed by atoms with Gasteiger partial charge in [-0.05, 0) is 36.1 Å². The summed E-state index contributed by atoms with van der Waals surface area (Å²) in [6.45, 7) is 0.803. The molecule has 3 nitrogen and oxygen atoms in total. The number of aromatic nitrogens is 1. The summed E-state index contributed by atoms with van der Waals surface area (Å²) in [7, 11) is 0. The van der Waals surface area contributed by atoms with E-state index in [-0.39, 0.29) is 5.91 Å². The molecule has 19 heavy (non-hydrogen) atoms. The molecule has 0 spiro atoms. The van der Waals surface area contributed by atoms with Crippen LogP contribution < -0.4 is 4.90 Å². The van der Waals surface area contributed by atoms with Crippen molar-refractivity contribution in [2.24, 2.45) is 5.92 Å². The fraction of sp³-hybridized carbons (Fsp3) is 0.250. The number of amides is 1. The Morgan fingerprint density at radius 2 is 2.00 bits per heavy atom. The van der Waals surface area contributed by atoms with E-state index in [1.807, 2.05) is 47.5 Å². The number of carbonyl (C=O) groups is 1. The van der Waals surface area contributed by atoms with Crippen LogP contribution in [0, 0.1) is 5.92 Å². The summed E-state index contributed by atoms with van der Waals surface area (Å²) < 4.78 is 0. The molecule has 2 heterocycles. The van der Waals surface area contributed by atoms with Crippen molar-refractivity contribution in [1.82, 2.24) is 4.98 Å². The summed E-state index contributed by atoms with van der Waals surface area (Å²) >= 11 is 0. The van der Waals surface area contributed by atoms with E-state index in [4.69, 9.17) is 0 Å². The Hall–Kier alpha value is -2.16. The maximum Gasteiger partial charge on any atom is 0.227 e. The summed E-state index contributed by atoms with van der Waals surface area (Å²) in [5, 5.41) is 0. The Balaban J connectivity index is 1.70. The number of pyridine rings is 1. The highest BCUT2D eigenvalue weighted by atomic mass is 16.2. The zero-order valence-electron chi connectivity index (χ0n) is 10.7. The second-order valence-corrected chi connectivity index (χ2v) is 4.98. The molecular weight excluding hydrogens is 236 g/mol. The lowest BCUT2D eigenvalue weighted by Gasteiger charge is -2.16. The van der Waals surface area contributed by atoms with Gasteiger partial charge in [0.1, 0.15) is 0 Å². The first-order valence-electron chi connectivity index (χ1n) is 6.57. The summed E-state index contributed by atoms with van der Waals surface area (Å²) in [5.41, 5.74) is 2.20. The fourth-order valence-corrected chi connectivity index (χ4v) is 2.63. The number of rotatable bonds is 3. The van der Waals surface area contributed by atoms with Gasteiger partial charge in [0.2, 0.25) is 5.91 Å². The van der Waals surface area contributed by atoms with Crippen molar-refractivity contribution in [3.8, 4) is 0 Å². The van der Waals surface area contributed by atoms with Crippen molar-refractivity contribution in [2.45, 2.75) is 12.8 Å². The maximum atomic E-state index is 12.1. The first kappa shape index (κ1) is 11.9. The third-order valence-electron chi connectivity index (χ3n) is 3.52. The molecule has 1 aromatic carbocycles. The lowest BCUT2D eigenvalue weighted by Crippen LogP contribution is -2.24. The molecule has 3 heteroatoms. The molecular formula is C16H16N2O. The average molecular weight is 252 g/mol. The van der Waals surface area contributed by atoms with Crippen molar-refractivity contribution in [3.63, 3.8) is 0 Å². The Bertz CT molecular complexity index is 553. The first-order chi connectivity index (χ1) is 9.33. The standard InChI is InChI=1S/C16H16N2O/c19-16-10-14(9-13-5-4-8-17-11-13)12-18(16)15-6-2-1-3-7-15/h1-8,11,14H,9-10,12H2/t14-/m0/s1. The van der Waals surface area contributed by atoms with Gasteiger partial charge in [0.15, 0.2) is 0 Å². The molecule has 1 saturated heterocycles. The Labute approximate surface area is 112 Å². The number of para-hydroxylation sites is 1. The maximum absolute atomic E-state index is 12.1.